The van der Waals surface area contributed by atoms with Gasteiger partial charge in [-0.2, -0.15) is 10.2 Å². The van der Waals surface area contributed by atoms with Gasteiger partial charge in [0.1, 0.15) is 17.3 Å². The van der Waals surface area contributed by atoms with E-state index < -0.39 is 11.7 Å². The molecule has 168 valence electrons. The number of hydrogen-bond donors (Lipinski definition) is 1. The monoisotopic (exact) mass is 536 g/mol. The van der Waals surface area contributed by atoms with Crippen LogP contribution in [0.2, 0.25) is 0 Å². The minimum Gasteiger partial charge on any atom is -0.508 e. The van der Waals surface area contributed by atoms with Crippen molar-refractivity contribution in [1.29, 1.82) is 0 Å². The Labute approximate surface area is 203 Å². The summed E-state index contributed by atoms with van der Waals surface area (Å²) < 4.78 is 9.32. The number of rotatable bonds is 10. The van der Waals surface area contributed by atoms with E-state index in [1.165, 1.54) is 4.78 Å². The minimum atomic E-state index is -2.62. The molecule has 2 aromatic rings. The number of ether oxygens (including phenoxy) is 1. The maximum Gasteiger partial charge on any atom is 0.222 e. The Bertz CT molecular complexity index is 985. The third kappa shape index (κ3) is 8.72. The van der Waals surface area contributed by atoms with E-state index in [4.69, 9.17) is 50.8 Å². The van der Waals surface area contributed by atoms with Crippen LogP contribution in [0.25, 0.3) is 0 Å². The number of hydrogen-bond acceptors (Lipinski definition) is 6. The van der Waals surface area contributed by atoms with E-state index in [0.717, 1.165) is 23.3 Å². The maximum absolute atomic E-state index is 9.36. The Morgan fingerprint density at radius 3 is 2.10 bits per heavy atom. The number of nitrogens with zero attached hydrogens (tertiary/aromatic N) is 4. The Balaban J connectivity index is 1.99. The van der Waals surface area contributed by atoms with Gasteiger partial charge in [-0.25, -0.2) is 4.78 Å². The molecule has 0 aliphatic rings. The van der Waals surface area contributed by atoms with Crippen molar-refractivity contribution in [2.75, 3.05) is 14.1 Å². The Hall–Kier alpha value is -1.14. The van der Waals surface area contributed by atoms with Crippen LogP contribution >= 0.6 is 34.2 Å². The lowest BCUT2D eigenvalue weighted by atomic mass is 10.2. The van der Waals surface area contributed by atoms with E-state index in [2.05, 4.69) is 10.2 Å². The van der Waals surface area contributed by atoms with Gasteiger partial charge in [0.25, 0.3) is 0 Å². The largest absolute Gasteiger partial charge is 0.508 e. The first kappa shape index (κ1) is 26.1. The average Bonchev–Trinajstić information content (AvgIpc) is 2.74. The van der Waals surface area contributed by atoms with Crippen LogP contribution in [-0.4, -0.2) is 47.0 Å². The number of benzene rings is 2. The molecular weight excluding hydrogens is 513 g/mol. The highest BCUT2D eigenvalue weighted by molar-refractivity contribution is 8.37. The van der Waals surface area contributed by atoms with Crippen LogP contribution in [-0.2, 0) is 23.6 Å². The second-order valence-electron chi connectivity index (χ2n) is 6.45. The van der Waals surface area contributed by atoms with E-state index in [1.807, 2.05) is 38.2 Å². The molecule has 12 heteroatoms. The lowest BCUT2D eigenvalue weighted by Gasteiger charge is -2.24. The summed E-state index contributed by atoms with van der Waals surface area (Å²) in [4.78, 5) is -2.62. The predicted molar refractivity (Wildman–Crippen MR) is 142 cm³/mol. The average molecular weight is 537 g/mol. The van der Waals surface area contributed by atoms with Crippen LogP contribution in [0.15, 0.2) is 58.7 Å². The highest BCUT2D eigenvalue weighted by Crippen LogP contribution is 2.59. The third-order valence-corrected chi connectivity index (χ3v) is 10.3. The van der Waals surface area contributed by atoms with Crippen molar-refractivity contribution >= 4 is 70.3 Å². The summed E-state index contributed by atoms with van der Waals surface area (Å²) >= 11 is 22.6. The topological polar surface area (TPSA) is 60.7 Å². The van der Waals surface area contributed by atoms with Gasteiger partial charge in [-0.15, -0.1) is 0 Å². The summed E-state index contributed by atoms with van der Waals surface area (Å²) in [6, 6.07) is 14.3. The molecule has 2 unspecified atom stereocenters. The van der Waals surface area contributed by atoms with Crippen LogP contribution in [0.4, 0.5) is 0 Å². The third-order valence-electron chi connectivity index (χ3n) is 4.11. The normalized spacial score (nSPS) is 14.0. The molecule has 0 aliphatic carbocycles. The standard InChI is InChI=1S/C19H24Cl2N4O2P2S2/c1-4-19(28(30)24(2)22-13-15-5-9-17(26)10-6-15)27-18-11-7-16(8-12-18)14-23-25(3)29(20,21)31/h5-14,19,26,28H,4H2,1-3H3. The van der Waals surface area contributed by atoms with Gasteiger partial charge in [-0.1, -0.05) is 18.7 Å². The zero-order valence-corrected chi connectivity index (χ0v) is 22.3. The summed E-state index contributed by atoms with van der Waals surface area (Å²) in [7, 11) is 3.50. The lowest BCUT2D eigenvalue weighted by molar-refractivity contribution is 0.273. The quantitative estimate of drug-likeness (QED) is 0.227. The van der Waals surface area contributed by atoms with E-state index in [1.54, 1.807) is 48.5 Å². The molecule has 0 saturated heterocycles. The summed E-state index contributed by atoms with van der Waals surface area (Å²) in [5, 5.41) is 18.0. The Morgan fingerprint density at radius 1 is 1.06 bits per heavy atom. The van der Waals surface area contributed by atoms with Crippen LogP contribution < -0.4 is 4.74 Å². The van der Waals surface area contributed by atoms with Crippen LogP contribution in [0.1, 0.15) is 24.5 Å². The molecule has 0 fully saturated rings. The highest BCUT2D eigenvalue weighted by Gasteiger charge is 2.16. The van der Waals surface area contributed by atoms with E-state index in [-0.39, 0.29) is 11.6 Å². The van der Waals surface area contributed by atoms with Gasteiger partial charge in [0, 0.05) is 14.1 Å². The molecule has 0 heterocycles. The second kappa shape index (κ2) is 12.2. The van der Waals surface area contributed by atoms with Gasteiger partial charge in [-0.05, 0) is 100 Å². The van der Waals surface area contributed by atoms with Gasteiger partial charge in [-0.3, -0.25) is 4.78 Å². The predicted octanol–water partition coefficient (Wildman–Crippen LogP) is 6.03. The molecule has 0 radical (unpaired) electrons. The van der Waals surface area contributed by atoms with Gasteiger partial charge in [0.15, 0.2) is 0 Å². The van der Waals surface area contributed by atoms with E-state index in [9.17, 15) is 5.11 Å². The Kier molecular flexibility index (Phi) is 10.3. The summed E-state index contributed by atoms with van der Waals surface area (Å²) in [6.45, 7) is 0.538. The van der Waals surface area contributed by atoms with Crippen molar-refractivity contribution in [3.8, 4) is 11.5 Å². The van der Waals surface area contributed by atoms with E-state index in [0.29, 0.717) is 0 Å². The zero-order valence-electron chi connectivity index (χ0n) is 17.2. The van der Waals surface area contributed by atoms with Gasteiger partial charge < -0.3 is 9.84 Å². The molecule has 0 bridgehead atoms. The van der Waals surface area contributed by atoms with Gasteiger partial charge >= 0.3 is 0 Å². The zero-order chi connectivity index (χ0) is 23.0. The van der Waals surface area contributed by atoms with Crippen molar-refractivity contribution < 1.29 is 9.84 Å². The minimum absolute atomic E-state index is 0.134. The summed E-state index contributed by atoms with van der Waals surface area (Å²) in [5.74, 6) is 0.807. The number of phenolic OH excluding ortho intramolecular Hbond substituents is 1. The summed E-state index contributed by atoms with van der Waals surface area (Å²) in [6.07, 6.45) is 4.12. The van der Waals surface area contributed by atoms with Crippen molar-refractivity contribution in [3.05, 3.63) is 59.7 Å². The van der Waals surface area contributed by atoms with Crippen LogP contribution in [0.3, 0.4) is 0 Å². The molecule has 2 atom stereocenters. The molecule has 6 nitrogen and oxygen atoms in total. The molecule has 0 aliphatic heterocycles. The molecular formula is C19H24Cl2N4O2P2S2. The number of halogens is 2. The number of aromatic hydroxyl groups is 1. The first-order chi connectivity index (χ1) is 14.6. The lowest BCUT2D eigenvalue weighted by Crippen LogP contribution is -2.17. The molecule has 1 N–H and O–H groups in total. The second-order valence-corrected chi connectivity index (χ2v) is 17.4. The molecule has 0 saturated carbocycles. The SMILES string of the molecule is CCC(Oc1ccc(C=NN(C)P(=S)(Cl)Cl)cc1)[PH](=S)N(C)N=Cc1ccc(O)cc1. The molecule has 0 amide bonds. The van der Waals surface area contributed by atoms with Crippen molar-refractivity contribution in [2.45, 2.75) is 19.2 Å². The fourth-order valence-corrected chi connectivity index (χ4v) is 4.79. The fourth-order valence-electron chi connectivity index (χ4n) is 2.29. The van der Waals surface area contributed by atoms with Crippen LogP contribution in [0.5, 0.6) is 11.5 Å². The number of hydrazone groups is 2. The Morgan fingerprint density at radius 2 is 1.58 bits per heavy atom. The van der Waals surface area contributed by atoms with Gasteiger partial charge in [0.2, 0.25) is 4.89 Å². The summed E-state index contributed by atoms with van der Waals surface area (Å²) in [5.41, 5.74) is 1.74. The van der Waals surface area contributed by atoms with Crippen LogP contribution in [0, 0.1) is 0 Å². The first-order valence-electron chi connectivity index (χ1n) is 9.25. The first-order valence-corrected chi connectivity index (χ1v) is 16.5. The number of phenols is 1. The maximum atomic E-state index is 9.36. The molecule has 2 aromatic carbocycles. The highest BCUT2D eigenvalue weighted by atomic mass is 35.9. The molecule has 0 spiro atoms. The van der Waals surface area contributed by atoms with E-state index >= 15 is 0 Å². The van der Waals surface area contributed by atoms with Crippen molar-refractivity contribution in [3.63, 3.8) is 0 Å². The smallest absolute Gasteiger partial charge is 0.222 e. The molecule has 0 aromatic heterocycles. The van der Waals surface area contributed by atoms with Gasteiger partial charge in [0.05, 0.1) is 19.3 Å². The van der Waals surface area contributed by atoms with Crippen molar-refractivity contribution in [2.24, 2.45) is 10.2 Å². The molecule has 2 rings (SSSR count). The fraction of sp³-hybridized carbons (Fsp3) is 0.263. The van der Waals surface area contributed by atoms with Crippen molar-refractivity contribution in [1.82, 2.24) is 9.56 Å². The molecule has 31 heavy (non-hydrogen) atoms.